The number of Topliss-reactive ketones (excluding diaryl/α,β-unsaturated/α-hetero) is 1. The van der Waals surface area contributed by atoms with Gasteiger partial charge in [0.25, 0.3) is 0 Å². The summed E-state index contributed by atoms with van der Waals surface area (Å²) in [5, 5.41) is 0. The lowest BCUT2D eigenvalue weighted by molar-refractivity contribution is -0.115. The van der Waals surface area contributed by atoms with Crippen LogP contribution in [0.5, 0.6) is 0 Å². The fourth-order valence-corrected chi connectivity index (χ4v) is 0.317. The van der Waals surface area contributed by atoms with Gasteiger partial charge in [0, 0.05) is 20.0 Å². The highest BCUT2D eigenvalue weighted by atomic mass is 16.5. The second kappa shape index (κ2) is 4.78. The van der Waals surface area contributed by atoms with E-state index in [1.54, 1.807) is 0 Å². The standard InChI is InChI=1S/C6H10O2/c1-3-8-5-4-6(2)7/h2H,3-5H2,1H3. The Hall–Kier alpha value is -0.370. The summed E-state index contributed by atoms with van der Waals surface area (Å²) in [6, 6.07) is 0. The molecule has 0 aliphatic heterocycles. The maximum atomic E-state index is 10.0. The Kier molecular flexibility index (Phi) is 4.56. The van der Waals surface area contributed by atoms with E-state index in [0.29, 0.717) is 19.6 Å². The van der Waals surface area contributed by atoms with Crippen LogP contribution in [0, 0.1) is 6.92 Å². The van der Waals surface area contributed by atoms with E-state index in [4.69, 9.17) is 11.7 Å². The second-order valence-electron chi connectivity index (χ2n) is 1.41. The molecule has 0 saturated heterocycles. The molecule has 2 nitrogen and oxygen atoms in total. The minimum atomic E-state index is -0.307. The van der Waals surface area contributed by atoms with Crippen molar-refractivity contribution in [2.45, 2.75) is 13.3 Å². The van der Waals surface area contributed by atoms with Crippen molar-refractivity contribution in [3.05, 3.63) is 6.92 Å². The van der Waals surface area contributed by atoms with Gasteiger partial charge in [-0.05, 0) is 6.92 Å². The number of ether oxygens (including phenoxy) is 1. The van der Waals surface area contributed by atoms with E-state index in [2.05, 4.69) is 0 Å². The number of carbonyl (C=O) groups is 1. The van der Waals surface area contributed by atoms with Gasteiger partial charge in [0.2, 0.25) is 0 Å². The monoisotopic (exact) mass is 114 g/mol. The van der Waals surface area contributed by atoms with Gasteiger partial charge < -0.3 is 4.74 Å². The predicted octanol–water partition coefficient (Wildman–Crippen LogP) is 0.693. The molecule has 0 unspecified atom stereocenters. The third-order valence-electron chi connectivity index (χ3n) is 0.697. The van der Waals surface area contributed by atoms with Gasteiger partial charge in [0.05, 0.1) is 6.61 Å². The van der Waals surface area contributed by atoms with E-state index in [9.17, 15) is 4.79 Å². The predicted molar refractivity (Wildman–Crippen MR) is 30.4 cm³/mol. The smallest absolute Gasteiger partial charge is 0.139 e. The van der Waals surface area contributed by atoms with E-state index in [1.807, 2.05) is 6.92 Å². The third-order valence-corrected chi connectivity index (χ3v) is 0.697. The van der Waals surface area contributed by atoms with Crippen LogP contribution in [0.2, 0.25) is 0 Å². The van der Waals surface area contributed by atoms with E-state index in [0.717, 1.165) is 0 Å². The number of hydrogen-bond acceptors (Lipinski definition) is 2. The lowest BCUT2D eigenvalue weighted by Gasteiger charge is -1.94. The van der Waals surface area contributed by atoms with Gasteiger partial charge in [-0.25, -0.2) is 0 Å². The normalized spacial score (nSPS) is 9.25. The van der Waals surface area contributed by atoms with Crippen LogP contribution in [-0.2, 0) is 9.53 Å². The molecule has 0 saturated carbocycles. The summed E-state index contributed by atoms with van der Waals surface area (Å²) in [5.41, 5.74) is 0. The van der Waals surface area contributed by atoms with Crippen molar-refractivity contribution in [1.29, 1.82) is 0 Å². The SMILES string of the molecule is [CH]C(=O)CCOCC. The number of hydrogen-bond donors (Lipinski definition) is 0. The van der Waals surface area contributed by atoms with Gasteiger partial charge >= 0.3 is 0 Å². The first-order valence-electron chi connectivity index (χ1n) is 2.63. The first-order valence-corrected chi connectivity index (χ1v) is 2.63. The molecule has 0 aliphatic rings. The molecule has 0 bridgehead atoms. The second-order valence-corrected chi connectivity index (χ2v) is 1.41. The molecular weight excluding hydrogens is 104 g/mol. The molecule has 8 heavy (non-hydrogen) atoms. The van der Waals surface area contributed by atoms with Gasteiger partial charge in [0.1, 0.15) is 5.78 Å². The van der Waals surface area contributed by atoms with Crippen LogP contribution >= 0.6 is 0 Å². The Labute approximate surface area is 49.8 Å². The van der Waals surface area contributed by atoms with Crippen LogP contribution < -0.4 is 0 Å². The molecule has 46 valence electrons. The Bertz CT molecular complexity index is 68.9. The van der Waals surface area contributed by atoms with Crippen LogP contribution in [0.15, 0.2) is 0 Å². The van der Waals surface area contributed by atoms with Crippen molar-refractivity contribution >= 4 is 5.78 Å². The number of carbonyl (C=O) groups excluding carboxylic acids is 1. The van der Waals surface area contributed by atoms with Crippen LogP contribution in [0.25, 0.3) is 0 Å². The van der Waals surface area contributed by atoms with Crippen molar-refractivity contribution in [3.8, 4) is 0 Å². The molecule has 2 radical (unpaired) electrons. The minimum Gasteiger partial charge on any atom is -0.381 e. The molecule has 0 atom stereocenters. The Balaban J connectivity index is 2.82. The van der Waals surface area contributed by atoms with E-state index < -0.39 is 0 Å². The lowest BCUT2D eigenvalue weighted by atomic mass is 10.3. The summed E-state index contributed by atoms with van der Waals surface area (Å²) in [4.78, 5) is 10.0. The summed E-state index contributed by atoms with van der Waals surface area (Å²) < 4.78 is 4.84. The summed E-state index contributed by atoms with van der Waals surface area (Å²) in [7, 11) is 0. The van der Waals surface area contributed by atoms with Crippen LogP contribution in [0.4, 0.5) is 0 Å². The molecule has 0 aliphatic carbocycles. The van der Waals surface area contributed by atoms with Crippen LogP contribution in [-0.4, -0.2) is 19.0 Å². The zero-order chi connectivity index (χ0) is 6.41. The quantitative estimate of drug-likeness (QED) is 0.503. The minimum absolute atomic E-state index is 0.307. The molecule has 0 aromatic heterocycles. The summed E-state index contributed by atoms with van der Waals surface area (Å²) in [6.07, 6.45) is 0.327. The highest BCUT2D eigenvalue weighted by Gasteiger charge is 1.90. The van der Waals surface area contributed by atoms with E-state index >= 15 is 0 Å². The Morgan fingerprint density at radius 1 is 1.75 bits per heavy atom. The molecule has 0 heterocycles. The fraction of sp³-hybridized carbons (Fsp3) is 0.667. The topological polar surface area (TPSA) is 26.3 Å². The summed E-state index contributed by atoms with van der Waals surface area (Å²) >= 11 is 0. The lowest BCUT2D eigenvalue weighted by Crippen LogP contribution is -1.99. The van der Waals surface area contributed by atoms with Crippen molar-refractivity contribution in [1.82, 2.24) is 0 Å². The Morgan fingerprint density at radius 3 is 2.75 bits per heavy atom. The average Bonchev–Trinajstić information content (AvgIpc) is 1.66. The molecule has 0 N–H and O–H groups in total. The van der Waals surface area contributed by atoms with Crippen LogP contribution in [0.1, 0.15) is 13.3 Å². The van der Waals surface area contributed by atoms with Gasteiger partial charge in [-0.1, -0.05) is 0 Å². The van der Waals surface area contributed by atoms with Gasteiger partial charge in [0.15, 0.2) is 0 Å². The average molecular weight is 114 g/mol. The van der Waals surface area contributed by atoms with Crippen LogP contribution in [0.3, 0.4) is 0 Å². The van der Waals surface area contributed by atoms with E-state index in [-0.39, 0.29) is 5.78 Å². The molecule has 0 aromatic carbocycles. The van der Waals surface area contributed by atoms with Crippen molar-refractivity contribution in [2.24, 2.45) is 0 Å². The van der Waals surface area contributed by atoms with Crippen molar-refractivity contribution in [3.63, 3.8) is 0 Å². The van der Waals surface area contributed by atoms with Gasteiger partial charge in [-0.3, -0.25) is 4.79 Å². The van der Waals surface area contributed by atoms with Crippen molar-refractivity contribution < 1.29 is 9.53 Å². The first kappa shape index (κ1) is 7.63. The van der Waals surface area contributed by atoms with Crippen molar-refractivity contribution in [2.75, 3.05) is 13.2 Å². The molecule has 2 heteroatoms. The van der Waals surface area contributed by atoms with E-state index in [1.165, 1.54) is 0 Å². The maximum absolute atomic E-state index is 10.0. The summed E-state index contributed by atoms with van der Waals surface area (Å²) in [5.74, 6) is -0.307. The molecular formula is C6H10O2. The van der Waals surface area contributed by atoms with Gasteiger partial charge in [-0.2, -0.15) is 0 Å². The summed E-state index contributed by atoms with van der Waals surface area (Å²) in [6.45, 7) is 7.79. The largest absolute Gasteiger partial charge is 0.381 e. The molecule has 0 spiro atoms. The number of rotatable bonds is 4. The first-order chi connectivity index (χ1) is 3.77. The highest BCUT2D eigenvalue weighted by molar-refractivity contribution is 5.82. The molecule has 0 rings (SSSR count). The fourth-order valence-electron chi connectivity index (χ4n) is 0.317. The number of ketones is 1. The molecule has 0 amide bonds. The highest BCUT2D eigenvalue weighted by Crippen LogP contribution is 1.81. The maximum Gasteiger partial charge on any atom is 0.139 e. The zero-order valence-electron chi connectivity index (χ0n) is 5.02. The molecule has 0 aromatic rings. The Morgan fingerprint density at radius 2 is 2.38 bits per heavy atom. The third kappa shape index (κ3) is 5.63. The zero-order valence-corrected chi connectivity index (χ0v) is 5.02. The van der Waals surface area contributed by atoms with Gasteiger partial charge in [-0.15, -0.1) is 0 Å². The molecule has 0 fully saturated rings.